The van der Waals surface area contributed by atoms with Crippen LogP contribution in [-0.2, 0) is 0 Å². The molecule has 0 unspecified atom stereocenters. The smallest absolute Gasteiger partial charge is 0.258 e. The number of benzene rings is 2. The first-order valence-corrected chi connectivity index (χ1v) is 6.61. The van der Waals surface area contributed by atoms with E-state index in [1.807, 2.05) is 0 Å². The molecule has 7 heteroatoms. The minimum atomic E-state index is -1.69. The van der Waals surface area contributed by atoms with Crippen molar-refractivity contribution in [2.45, 2.75) is 6.92 Å². The largest absolute Gasteiger partial charge is 0.398 e. The third-order valence-corrected chi connectivity index (χ3v) is 3.54. The summed E-state index contributed by atoms with van der Waals surface area (Å²) in [6, 6.07) is 4.71. The highest BCUT2D eigenvalue weighted by molar-refractivity contribution is 9.10. The van der Waals surface area contributed by atoms with E-state index in [0.717, 1.165) is 11.6 Å². The topological polar surface area (TPSA) is 55.1 Å². The van der Waals surface area contributed by atoms with Gasteiger partial charge in [-0.3, -0.25) is 4.79 Å². The van der Waals surface area contributed by atoms with Crippen LogP contribution in [0.5, 0.6) is 0 Å². The SMILES string of the molecule is Cc1cc(Br)c(NC(=O)c2ccc(F)c(F)c2F)cc1N. The number of nitrogen functional groups attached to an aromatic ring is 1. The molecule has 0 aliphatic rings. The van der Waals surface area contributed by atoms with Gasteiger partial charge in [0, 0.05) is 10.2 Å². The van der Waals surface area contributed by atoms with Crippen LogP contribution in [0.25, 0.3) is 0 Å². The molecule has 0 spiro atoms. The number of carbonyl (C=O) groups is 1. The molecule has 3 N–H and O–H groups in total. The summed E-state index contributed by atoms with van der Waals surface area (Å²) >= 11 is 3.23. The summed E-state index contributed by atoms with van der Waals surface area (Å²) in [6.07, 6.45) is 0. The Hall–Kier alpha value is -2.02. The van der Waals surface area contributed by atoms with Gasteiger partial charge >= 0.3 is 0 Å². The lowest BCUT2D eigenvalue weighted by molar-refractivity contribution is 0.102. The normalized spacial score (nSPS) is 10.5. The standard InChI is InChI=1S/C14H10BrF3N2O/c1-6-4-8(15)11(5-10(6)19)20-14(21)7-2-3-9(16)13(18)12(7)17/h2-5H,19H2,1H3,(H,20,21). The maximum absolute atomic E-state index is 13.5. The van der Waals surface area contributed by atoms with Crippen LogP contribution in [0.2, 0.25) is 0 Å². The zero-order valence-corrected chi connectivity index (χ0v) is 12.4. The van der Waals surface area contributed by atoms with Crippen molar-refractivity contribution in [2.24, 2.45) is 0 Å². The van der Waals surface area contributed by atoms with Crippen LogP contribution in [0.1, 0.15) is 15.9 Å². The average molecular weight is 359 g/mol. The Kier molecular flexibility index (Phi) is 4.22. The number of nitrogens with two attached hydrogens (primary N) is 1. The zero-order valence-electron chi connectivity index (χ0n) is 10.8. The van der Waals surface area contributed by atoms with E-state index in [4.69, 9.17) is 5.73 Å². The number of hydrogen-bond donors (Lipinski definition) is 2. The van der Waals surface area contributed by atoms with Gasteiger partial charge in [-0.25, -0.2) is 13.2 Å². The molecule has 21 heavy (non-hydrogen) atoms. The van der Waals surface area contributed by atoms with E-state index in [1.165, 1.54) is 6.07 Å². The van der Waals surface area contributed by atoms with Gasteiger partial charge in [-0.1, -0.05) is 0 Å². The van der Waals surface area contributed by atoms with Crippen LogP contribution in [0.15, 0.2) is 28.7 Å². The molecule has 0 heterocycles. The lowest BCUT2D eigenvalue weighted by atomic mass is 10.1. The van der Waals surface area contributed by atoms with Crippen LogP contribution < -0.4 is 11.1 Å². The highest BCUT2D eigenvalue weighted by Gasteiger charge is 2.19. The molecule has 3 nitrogen and oxygen atoms in total. The fourth-order valence-electron chi connectivity index (χ4n) is 1.68. The van der Waals surface area contributed by atoms with E-state index in [2.05, 4.69) is 21.2 Å². The van der Waals surface area contributed by atoms with E-state index in [1.54, 1.807) is 13.0 Å². The Morgan fingerprint density at radius 1 is 1.19 bits per heavy atom. The molecule has 2 aromatic carbocycles. The number of halogens is 4. The molecule has 110 valence electrons. The number of anilines is 2. The molecular weight excluding hydrogens is 349 g/mol. The third-order valence-electron chi connectivity index (χ3n) is 2.88. The minimum Gasteiger partial charge on any atom is -0.398 e. The maximum Gasteiger partial charge on any atom is 0.258 e. The molecule has 0 aliphatic carbocycles. The second-order valence-corrected chi connectivity index (χ2v) is 5.22. The summed E-state index contributed by atoms with van der Waals surface area (Å²) in [5.41, 5.74) is 6.64. The van der Waals surface area contributed by atoms with Crippen LogP contribution in [0, 0.1) is 24.4 Å². The molecule has 0 saturated heterocycles. The van der Waals surface area contributed by atoms with Gasteiger partial charge in [0.1, 0.15) is 0 Å². The lowest BCUT2D eigenvalue weighted by Gasteiger charge is -2.11. The molecule has 0 bridgehead atoms. The van der Waals surface area contributed by atoms with Crippen molar-refractivity contribution >= 4 is 33.2 Å². The Morgan fingerprint density at radius 2 is 1.86 bits per heavy atom. The monoisotopic (exact) mass is 358 g/mol. The predicted molar refractivity (Wildman–Crippen MR) is 77.6 cm³/mol. The highest BCUT2D eigenvalue weighted by atomic mass is 79.9. The first-order valence-electron chi connectivity index (χ1n) is 5.81. The molecule has 2 rings (SSSR count). The minimum absolute atomic E-state index is 0.298. The number of rotatable bonds is 2. The van der Waals surface area contributed by atoms with Crippen molar-refractivity contribution in [3.63, 3.8) is 0 Å². The van der Waals surface area contributed by atoms with E-state index >= 15 is 0 Å². The summed E-state index contributed by atoms with van der Waals surface area (Å²) in [6.45, 7) is 1.78. The zero-order chi connectivity index (χ0) is 15.7. The molecule has 0 saturated carbocycles. The van der Waals surface area contributed by atoms with Crippen molar-refractivity contribution < 1.29 is 18.0 Å². The Balaban J connectivity index is 2.35. The van der Waals surface area contributed by atoms with Gasteiger partial charge in [-0.05, 0) is 52.7 Å². The van der Waals surface area contributed by atoms with Crippen molar-refractivity contribution in [3.05, 3.63) is 57.3 Å². The summed E-state index contributed by atoms with van der Waals surface area (Å²) in [7, 11) is 0. The summed E-state index contributed by atoms with van der Waals surface area (Å²) in [4.78, 5) is 11.9. The summed E-state index contributed by atoms with van der Waals surface area (Å²) in [5.74, 6) is -5.49. The second kappa shape index (κ2) is 5.77. The second-order valence-electron chi connectivity index (χ2n) is 4.37. The first kappa shape index (κ1) is 15.4. The van der Waals surface area contributed by atoms with Gasteiger partial charge in [0.25, 0.3) is 5.91 Å². The molecule has 0 aromatic heterocycles. The number of nitrogens with one attached hydrogen (secondary N) is 1. The molecule has 0 atom stereocenters. The van der Waals surface area contributed by atoms with Crippen molar-refractivity contribution in [1.82, 2.24) is 0 Å². The Bertz CT molecular complexity index is 735. The van der Waals surface area contributed by atoms with E-state index in [9.17, 15) is 18.0 Å². The van der Waals surface area contributed by atoms with Gasteiger partial charge in [0.2, 0.25) is 0 Å². The number of amides is 1. The molecule has 0 radical (unpaired) electrons. The van der Waals surface area contributed by atoms with Gasteiger partial charge in [0.15, 0.2) is 17.5 Å². The van der Waals surface area contributed by atoms with Gasteiger partial charge in [-0.15, -0.1) is 0 Å². The van der Waals surface area contributed by atoms with E-state index in [-0.39, 0.29) is 0 Å². The van der Waals surface area contributed by atoms with E-state index < -0.39 is 28.9 Å². The number of carbonyl (C=O) groups excluding carboxylic acids is 1. The highest BCUT2D eigenvalue weighted by Crippen LogP contribution is 2.28. The number of aryl methyl sites for hydroxylation is 1. The lowest BCUT2D eigenvalue weighted by Crippen LogP contribution is -2.15. The quantitative estimate of drug-likeness (QED) is 0.629. The molecule has 0 fully saturated rings. The van der Waals surface area contributed by atoms with Crippen LogP contribution in [-0.4, -0.2) is 5.91 Å². The number of hydrogen-bond acceptors (Lipinski definition) is 2. The Labute approximate surface area is 127 Å². The average Bonchev–Trinajstić information content (AvgIpc) is 2.42. The third kappa shape index (κ3) is 3.02. The van der Waals surface area contributed by atoms with Crippen molar-refractivity contribution in [2.75, 3.05) is 11.1 Å². The van der Waals surface area contributed by atoms with E-state index in [0.29, 0.717) is 21.9 Å². The summed E-state index contributed by atoms with van der Waals surface area (Å²) in [5, 5.41) is 2.39. The molecule has 2 aromatic rings. The van der Waals surface area contributed by atoms with Gasteiger partial charge < -0.3 is 11.1 Å². The fourth-order valence-corrected chi connectivity index (χ4v) is 2.23. The summed E-state index contributed by atoms with van der Waals surface area (Å²) < 4.78 is 40.0. The van der Waals surface area contributed by atoms with Gasteiger partial charge in [-0.2, -0.15) is 0 Å². The van der Waals surface area contributed by atoms with Crippen molar-refractivity contribution in [1.29, 1.82) is 0 Å². The molecule has 1 amide bonds. The van der Waals surface area contributed by atoms with Crippen LogP contribution in [0.3, 0.4) is 0 Å². The molecular formula is C14H10BrF3N2O. The van der Waals surface area contributed by atoms with Crippen LogP contribution in [0.4, 0.5) is 24.5 Å². The van der Waals surface area contributed by atoms with Crippen LogP contribution >= 0.6 is 15.9 Å². The fraction of sp³-hybridized carbons (Fsp3) is 0.0714. The predicted octanol–water partition coefficient (Wildman–Crippen LogP) is 4.01. The Morgan fingerprint density at radius 3 is 2.52 bits per heavy atom. The first-order chi connectivity index (χ1) is 9.81. The molecule has 0 aliphatic heterocycles. The maximum atomic E-state index is 13.5. The van der Waals surface area contributed by atoms with Gasteiger partial charge in [0.05, 0.1) is 11.3 Å². The van der Waals surface area contributed by atoms with Crippen molar-refractivity contribution in [3.8, 4) is 0 Å².